The van der Waals surface area contributed by atoms with Crippen molar-refractivity contribution < 1.29 is 27.9 Å². The highest BCUT2D eigenvalue weighted by atomic mass is 32.2. The largest absolute Gasteiger partial charge is 0.480 e. The second-order valence-corrected chi connectivity index (χ2v) is 7.96. The number of aliphatic carboxylic acids is 1. The monoisotopic (exact) mass is 391 g/mol. The van der Waals surface area contributed by atoms with E-state index in [1.165, 1.54) is 19.2 Å². The number of carbonyl (C=O) groups excluding carboxylic acids is 1. The third kappa shape index (κ3) is 5.63. The summed E-state index contributed by atoms with van der Waals surface area (Å²) in [5, 5.41) is 11.7. The average Bonchev–Trinajstić information content (AvgIpc) is 2.67. The van der Waals surface area contributed by atoms with Gasteiger partial charge in [-0.15, -0.1) is 0 Å². The number of benzene rings is 2. The first-order chi connectivity index (χ1) is 12.8. The summed E-state index contributed by atoms with van der Waals surface area (Å²) in [7, 11) is -2.31. The van der Waals surface area contributed by atoms with Gasteiger partial charge >= 0.3 is 5.97 Å². The maximum Gasteiger partial charge on any atom is 0.326 e. The Morgan fingerprint density at radius 2 is 1.59 bits per heavy atom. The van der Waals surface area contributed by atoms with E-state index >= 15 is 0 Å². The van der Waals surface area contributed by atoms with Crippen LogP contribution in [-0.4, -0.2) is 44.3 Å². The van der Waals surface area contributed by atoms with E-state index in [1.807, 2.05) is 0 Å². The maximum atomic E-state index is 12.4. The van der Waals surface area contributed by atoms with Crippen LogP contribution in [0.5, 0.6) is 0 Å². The first-order valence-electron chi connectivity index (χ1n) is 8.24. The second kappa shape index (κ2) is 9.29. The molecule has 0 aliphatic carbocycles. The van der Waals surface area contributed by atoms with Gasteiger partial charge in [0.25, 0.3) is 5.91 Å². The van der Waals surface area contributed by atoms with Crippen LogP contribution >= 0.6 is 0 Å². The van der Waals surface area contributed by atoms with E-state index in [4.69, 9.17) is 4.74 Å². The van der Waals surface area contributed by atoms with Crippen LogP contribution < -0.4 is 5.32 Å². The summed E-state index contributed by atoms with van der Waals surface area (Å²) in [6.45, 7) is 0. The lowest BCUT2D eigenvalue weighted by molar-refractivity contribution is -0.144. The van der Waals surface area contributed by atoms with Gasteiger partial charge in [0.2, 0.25) is 0 Å². The Hall–Kier alpha value is -2.71. The quantitative estimate of drug-likeness (QED) is 0.675. The number of methoxy groups -OCH3 is 1. The summed E-state index contributed by atoms with van der Waals surface area (Å²) < 4.78 is 29.8. The van der Waals surface area contributed by atoms with E-state index in [-0.39, 0.29) is 11.3 Å². The molecule has 0 heterocycles. The van der Waals surface area contributed by atoms with Crippen molar-refractivity contribution in [3.63, 3.8) is 0 Å². The van der Waals surface area contributed by atoms with Gasteiger partial charge in [-0.05, 0) is 24.1 Å². The molecule has 0 spiro atoms. The molecule has 0 unspecified atom stereocenters. The number of carboxylic acid groups (broad SMARTS) is 1. The van der Waals surface area contributed by atoms with Crippen molar-refractivity contribution in [1.29, 1.82) is 0 Å². The first-order valence-corrected chi connectivity index (χ1v) is 9.89. The van der Waals surface area contributed by atoms with Crippen LogP contribution in [0.3, 0.4) is 0 Å². The molecule has 2 rings (SSSR count). The van der Waals surface area contributed by atoms with Crippen LogP contribution in [0.25, 0.3) is 0 Å². The normalized spacial score (nSPS) is 13.5. The van der Waals surface area contributed by atoms with E-state index in [9.17, 15) is 23.1 Å². The molecule has 0 fully saturated rings. The Labute approximate surface area is 157 Å². The molecule has 8 heteroatoms. The highest BCUT2D eigenvalue weighted by Gasteiger charge is 2.28. The molecule has 0 saturated heterocycles. The molecular formula is C19H21NO6S. The number of carbonyl (C=O) groups is 2. The standard InChI is InChI=1S/C19H21NO6S/c1-26-17(14-8-4-2-5-9-14)18(21)20-16(19(22)23)12-13-27(24,25)15-10-6-3-7-11-15/h2-11,16-17H,12-13H2,1H3,(H,20,21)(H,22,23)/t16-,17+/m0/s1. The van der Waals surface area contributed by atoms with E-state index in [0.717, 1.165) is 0 Å². The summed E-state index contributed by atoms with van der Waals surface area (Å²) in [6, 6.07) is 15.0. The van der Waals surface area contributed by atoms with Gasteiger partial charge in [0.05, 0.1) is 10.6 Å². The molecule has 2 aromatic rings. The first kappa shape index (κ1) is 20.6. The highest BCUT2D eigenvalue weighted by Crippen LogP contribution is 2.17. The van der Waals surface area contributed by atoms with E-state index in [2.05, 4.69) is 5.32 Å². The minimum Gasteiger partial charge on any atom is -0.480 e. The van der Waals surface area contributed by atoms with Crippen molar-refractivity contribution >= 4 is 21.7 Å². The smallest absolute Gasteiger partial charge is 0.326 e. The number of amides is 1. The lowest BCUT2D eigenvalue weighted by Crippen LogP contribution is -2.44. The van der Waals surface area contributed by atoms with Crippen LogP contribution in [0, 0.1) is 0 Å². The summed E-state index contributed by atoms with van der Waals surface area (Å²) in [5.74, 6) is -2.36. The van der Waals surface area contributed by atoms with E-state index in [0.29, 0.717) is 5.56 Å². The van der Waals surface area contributed by atoms with Gasteiger partial charge in [-0.25, -0.2) is 13.2 Å². The molecule has 144 valence electrons. The number of nitrogens with one attached hydrogen (secondary N) is 1. The Morgan fingerprint density at radius 1 is 1.04 bits per heavy atom. The molecule has 7 nitrogen and oxygen atoms in total. The average molecular weight is 391 g/mol. The Morgan fingerprint density at radius 3 is 2.11 bits per heavy atom. The van der Waals surface area contributed by atoms with Crippen molar-refractivity contribution in [2.24, 2.45) is 0 Å². The fourth-order valence-electron chi connectivity index (χ4n) is 2.55. The number of carboxylic acids is 1. The molecule has 0 saturated carbocycles. The van der Waals surface area contributed by atoms with Crippen LogP contribution in [0.1, 0.15) is 18.1 Å². The Kier molecular flexibility index (Phi) is 7.09. The van der Waals surface area contributed by atoms with Crippen LogP contribution in [-0.2, 0) is 24.2 Å². The molecule has 2 atom stereocenters. The van der Waals surface area contributed by atoms with Gasteiger partial charge < -0.3 is 15.2 Å². The van der Waals surface area contributed by atoms with Crippen molar-refractivity contribution in [2.75, 3.05) is 12.9 Å². The molecule has 0 radical (unpaired) electrons. The number of hydrogen-bond donors (Lipinski definition) is 2. The zero-order chi connectivity index (χ0) is 19.9. The lowest BCUT2D eigenvalue weighted by atomic mass is 10.1. The number of hydrogen-bond acceptors (Lipinski definition) is 5. The summed E-state index contributed by atoms with van der Waals surface area (Å²) >= 11 is 0. The second-order valence-electron chi connectivity index (χ2n) is 5.85. The van der Waals surface area contributed by atoms with Gasteiger partial charge in [0, 0.05) is 7.11 Å². The Bertz CT molecular complexity index is 868. The minimum absolute atomic E-state index is 0.111. The number of ether oxygens (including phenoxy) is 1. The molecular weight excluding hydrogens is 370 g/mol. The fourth-order valence-corrected chi connectivity index (χ4v) is 3.90. The summed E-state index contributed by atoms with van der Waals surface area (Å²) in [5.41, 5.74) is 0.568. The molecule has 27 heavy (non-hydrogen) atoms. The molecule has 0 aromatic heterocycles. The molecule has 2 aromatic carbocycles. The SMILES string of the molecule is CO[C@@H](C(=O)N[C@@H](CCS(=O)(=O)c1ccccc1)C(=O)O)c1ccccc1. The van der Waals surface area contributed by atoms with Crippen LogP contribution in [0.2, 0.25) is 0 Å². The predicted octanol–water partition coefficient (Wildman–Crippen LogP) is 1.81. The predicted molar refractivity (Wildman–Crippen MR) is 98.9 cm³/mol. The summed E-state index contributed by atoms with van der Waals surface area (Å²) in [6.07, 6.45) is -1.25. The molecule has 0 aliphatic rings. The van der Waals surface area contributed by atoms with Crippen molar-refractivity contribution in [2.45, 2.75) is 23.5 Å². The summed E-state index contributed by atoms with van der Waals surface area (Å²) in [4.78, 5) is 24.0. The molecule has 2 N–H and O–H groups in total. The van der Waals surface area contributed by atoms with Crippen molar-refractivity contribution in [3.05, 3.63) is 66.2 Å². The van der Waals surface area contributed by atoms with Crippen LogP contribution in [0.15, 0.2) is 65.6 Å². The van der Waals surface area contributed by atoms with Gasteiger partial charge in [0.15, 0.2) is 15.9 Å². The maximum absolute atomic E-state index is 12.4. The zero-order valence-electron chi connectivity index (χ0n) is 14.7. The minimum atomic E-state index is -3.65. The molecule has 0 bridgehead atoms. The third-order valence-corrected chi connectivity index (χ3v) is 5.73. The van der Waals surface area contributed by atoms with Gasteiger partial charge in [-0.3, -0.25) is 4.79 Å². The van der Waals surface area contributed by atoms with E-state index in [1.54, 1.807) is 48.5 Å². The third-order valence-electron chi connectivity index (χ3n) is 3.97. The highest BCUT2D eigenvalue weighted by molar-refractivity contribution is 7.91. The van der Waals surface area contributed by atoms with E-state index < -0.39 is 39.6 Å². The Balaban J connectivity index is 2.07. The number of sulfone groups is 1. The fraction of sp³-hybridized carbons (Fsp3) is 0.263. The zero-order valence-corrected chi connectivity index (χ0v) is 15.6. The number of rotatable bonds is 9. The lowest BCUT2D eigenvalue weighted by Gasteiger charge is -2.19. The van der Waals surface area contributed by atoms with Gasteiger partial charge in [0.1, 0.15) is 6.04 Å². The van der Waals surface area contributed by atoms with Gasteiger partial charge in [-0.2, -0.15) is 0 Å². The van der Waals surface area contributed by atoms with Gasteiger partial charge in [-0.1, -0.05) is 48.5 Å². The topological polar surface area (TPSA) is 110 Å². The molecule has 1 amide bonds. The van der Waals surface area contributed by atoms with Crippen molar-refractivity contribution in [3.8, 4) is 0 Å². The molecule has 0 aliphatic heterocycles. The van der Waals surface area contributed by atoms with Crippen molar-refractivity contribution in [1.82, 2.24) is 5.32 Å². The van der Waals surface area contributed by atoms with Crippen LogP contribution in [0.4, 0.5) is 0 Å².